The fourth-order valence-corrected chi connectivity index (χ4v) is 2.38. The van der Waals surface area contributed by atoms with Gasteiger partial charge in [0.25, 0.3) is 0 Å². The van der Waals surface area contributed by atoms with E-state index in [-0.39, 0.29) is 5.91 Å². The number of anilines is 1. The first-order valence-electron chi connectivity index (χ1n) is 7.27. The Hall–Kier alpha value is -1.86. The molecule has 1 N–H and O–H groups in total. The molecular formula is C16H21N3O. The first kappa shape index (κ1) is 14.5. The van der Waals surface area contributed by atoms with Crippen LogP contribution in [0.1, 0.15) is 38.2 Å². The molecule has 0 spiro atoms. The first-order chi connectivity index (χ1) is 9.74. The van der Waals surface area contributed by atoms with Crippen LogP contribution in [0.3, 0.4) is 0 Å². The van der Waals surface area contributed by atoms with Gasteiger partial charge in [-0.05, 0) is 44.5 Å². The molecule has 2 rings (SSSR count). The van der Waals surface area contributed by atoms with Crippen LogP contribution in [-0.2, 0) is 4.79 Å². The standard InChI is InChI=1S/C16H21N3O/c1-2-19(14-9-10-14)11-5-8-16(20)18-15-7-4-3-6-13(15)12-17/h3-4,6-7,14H,2,5,8-11H2,1H3,(H,18,20). The topological polar surface area (TPSA) is 56.1 Å². The van der Waals surface area contributed by atoms with Gasteiger partial charge in [0.05, 0.1) is 11.3 Å². The molecule has 1 aromatic rings. The Labute approximate surface area is 120 Å². The van der Waals surface area contributed by atoms with Crippen LogP contribution in [0.2, 0.25) is 0 Å². The van der Waals surface area contributed by atoms with E-state index < -0.39 is 0 Å². The summed E-state index contributed by atoms with van der Waals surface area (Å²) < 4.78 is 0. The van der Waals surface area contributed by atoms with Crippen LogP contribution in [0.25, 0.3) is 0 Å². The Kier molecular flexibility index (Phi) is 5.14. The van der Waals surface area contributed by atoms with Gasteiger partial charge in [0.1, 0.15) is 6.07 Å². The summed E-state index contributed by atoms with van der Waals surface area (Å²) in [6.07, 6.45) is 3.97. The van der Waals surface area contributed by atoms with Gasteiger partial charge in [-0.1, -0.05) is 19.1 Å². The lowest BCUT2D eigenvalue weighted by molar-refractivity contribution is -0.116. The van der Waals surface area contributed by atoms with Crippen molar-refractivity contribution in [2.24, 2.45) is 0 Å². The molecule has 0 atom stereocenters. The van der Waals surface area contributed by atoms with Gasteiger partial charge in [-0.25, -0.2) is 0 Å². The number of hydrogen-bond donors (Lipinski definition) is 1. The van der Waals surface area contributed by atoms with Crippen molar-refractivity contribution in [2.45, 2.75) is 38.6 Å². The summed E-state index contributed by atoms with van der Waals surface area (Å²) in [5.74, 6) is -0.0143. The highest BCUT2D eigenvalue weighted by molar-refractivity contribution is 5.92. The summed E-state index contributed by atoms with van der Waals surface area (Å²) in [5, 5.41) is 11.8. The molecule has 1 fully saturated rings. The van der Waals surface area contributed by atoms with E-state index in [9.17, 15) is 4.79 Å². The number of nitriles is 1. The van der Waals surface area contributed by atoms with Gasteiger partial charge in [-0.2, -0.15) is 5.26 Å². The lowest BCUT2D eigenvalue weighted by Crippen LogP contribution is -2.27. The number of rotatable bonds is 7. The molecular weight excluding hydrogens is 250 g/mol. The normalized spacial score (nSPS) is 14.1. The van der Waals surface area contributed by atoms with Gasteiger partial charge >= 0.3 is 0 Å². The van der Waals surface area contributed by atoms with Gasteiger partial charge in [0.2, 0.25) is 5.91 Å². The second kappa shape index (κ2) is 7.06. The average Bonchev–Trinajstić information content (AvgIpc) is 3.29. The Bertz CT molecular complexity index is 503. The molecule has 1 amide bonds. The van der Waals surface area contributed by atoms with Crippen molar-refractivity contribution in [1.82, 2.24) is 4.90 Å². The molecule has 0 radical (unpaired) electrons. The molecule has 106 valence electrons. The summed E-state index contributed by atoms with van der Waals surface area (Å²) in [4.78, 5) is 14.3. The zero-order valence-electron chi connectivity index (χ0n) is 11.9. The Morgan fingerprint density at radius 2 is 2.20 bits per heavy atom. The summed E-state index contributed by atoms with van der Waals surface area (Å²) in [7, 11) is 0. The van der Waals surface area contributed by atoms with Crippen molar-refractivity contribution in [3.8, 4) is 6.07 Å². The summed E-state index contributed by atoms with van der Waals surface area (Å²) in [6, 6.07) is 9.93. The summed E-state index contributed by atoms with van der Waals surface area (Å²) in [5.41, 5.74) is 1.11. The predicted molar refractivity (Wildman–Crippen MR) is 79.3 cm³/mol. The number of benzene rings is 1. The van der Waals surface area contributed by atoms with E-state index in [0.29, 0.717) is 17.7 Å². The lowest BCUT2D eigenvalue weighted by Gasteiger charge is -2.19. The van der Waals surface area contributed by atoms with Crippen LogP contribution >= 0.6 is 0 Å². The molecule has 20 heavy (non-hydrogen) atoms. The minimum absolute atomic E-state index is 0.0143. The Morgan fingerprint density at radius 1 is 1.45 bits per heavy atom. The van der Waals surface area contributed by atoms with Crippen LogP contribution in [-0.4, -0.2) is 29.9 Å². The second-order valence-corrected chi connectivity index (χ2v) is 5.17. The average molecular weight is 271 g/mol. The van der Waals surface area contributed by atoms with E-state index in [1.165, 1.54) is 12.8 Å². The van der Waals surface area contributed by atoms with Gasteiger partial charge in [0.15, 0.2) is 0 Å². The maximum atomic E-state index is 11.9. The highest BCUT2D eigenvalue weighted by Crippen LogP contribution is 2.26. The molecule has 1 aromatic carbocycles. The molecule has 1 aliphatic rings. The number of hydrogen-bond acceptors (Lipinski definition) is 3. The molecule has 0 aromatic heterocycles. The number of para-hydroxylation sites is 1. The molecule has 0 bridgehead atoms. The Morgan fingerprint density at radius 3 is 2.85 bits per heavy atom. The number of nitrogens with one attached hydrogen (secondary N) is 1. The summed E-state index contributed by atoms with van der Waals surface area (Å²) in [6.45, 7) is 4.21. The van der Waals surface area contributed by atoms with Crippen LogP contribution in [0.15, 0.2) is 24.3 Å². The molecule has 1 aliphatic carbocycles. The van der Waals surface area contributed by atoms with E-state index in [1.54, 1.807) is 18.2 Å². The fraction of sp³-hybridized carbons (Fsp3) is 0.500. The van der Waals surface area contributed by atoms with Crippen molar-refractivity contribution in [3.63, 3.8) is 0 Å². The van der Waals surface area contributed by atoms with E-state index >= 15 is 0 Å². The zero-order valence-corrected chi connectivity index (χ0v) is 11.9. The highest BCUT2D eigenvalue weighted by Gasteiger charge is 2.27. The summed E-state index contributed by atoms with van der Waals surface area (Å²) >= 11 is 0. The van der Waals surface area contributed by atoms with E-state index in [4.69, 9.17) is 5.26 Å². The SMILES string of the molecule is CCN(CCCC(=O)Nc1ccccc1C#N)C1CC1. The molecule has 4 heteroatoms. The van der Waals surface area contributed by atoms with Gasteiger partial charge < -0.3 is 10.2 Å². The van der Waals surface area contributed by atoms with Gasteiger partial charge in [-0.15, -0.1) is 0 Å². The number of amides is 1. The monoisotopic (exact) mass is 271 g/mol. The molecule has 0 unspecified atom stereocenters. The first-order valence-corrected chi connectivity index (χ1v) is 7.27. The van der Waals surface area contributed by atoms with Crippen molar-refractivity contribution >= 4 is 11.6 Å². The van der Waals surface area contributed by atoms with E-state index in [0.717, 1.165) is 25.6 Å². The van der Waals surface area contributed by atoms with Crippen LogP contribution < -0.4 is 5.32 Å². The van der Waals surface area contributed by atoms with Crippen LogP contribution in [0.5, 0.6) is 0 Å². The maximum Gasteiger partial charge on any atom is 0.224 e. The fourth-order valence-electron chi connectivity index (χ4n) is 2.38. The second-order valence-electron chi connectivity index (χ2n) is 5.17. The highest BCUT2D eigenvalue weighted by atomic mass is 16.1. The van der Waals surface area contributed by atoms with Gasteiger partial charge in [-0.3, -0.25) is 4.79 Å². The van der Waals surface area contributed by atoms with Crippen LogP contribution in [0.4, 0.5) is 5.69 Å². The molecule has 0 saturated heterocycles. The predicted octanol–water partition coefficient (Wildman–Crippen LogP) is 2.76. The molecule has 0 heterocycles. The van der Waals surface area contributed by atoms with E-state index in [2.05, 4.69) is 23.2 Å². The number of nitrogens with zero attached hydrogens (tertiary/aromatic N) is 2. The smallest absolute Gasteiger partial charge is 0.224 e. The third-order valence-electron chi connectivity index (χ3n) is 3.64. The van der Waals surface area contributed by atoms with Crippen molar-refractivity contribution in [3.05, 3.63) is 29.8 Å². The van der Waals surface area contributed by atoms with Crippen molar-refractivity contribution in [1.29, 1.82) is 5.26 Å². The molecule has 4 nitrogen and oxygen atoms in total. The maximum absolute atomic E-state index is 11.9. The van der Waals surface area contributed by atoms with Crippen LogP contribution in [0, 0.1) is 11.3 Å². The van der Waals surface area contributed by atoms with Crippen molar-refractivity contribution in [2.75, 3.05) is 18.4 Å². The molecule has 0 aliphatic heterocycles. The number of carbonyl (C=O) groups excluding carboxylic acids is 1. The molecule has 1 saturated carbocycles. The Balaban J connectivity index is 1.76. The minimum Gasteiger partial charge on any atom is -0.325 e. The lowest BCUT2D eigenvalue weighted by atomic mass is 10.2. The van der Waals surface area contributed by atoms with E-state index in [1.807, 2.05) is 6.07 Å². The van der Waals surface area contributed by atoms with Crippen molar-refractivity contribution < 1.29 is 4.79 Å². The third kappa shape index (κ3) is 4.07. The largest absolute Gasteiger partial charge is 0.325 e. The van der Waals surface area contributed by atoms with Gasteiger partial charge in [0, 0.05) is 12.5 Å². The third-order valence-corrected chi connectivity index (χ3v) is 3.64. The quantitative estimate of drug-likeness (QED) is 0.829. The minimum atomic E-state index is -0.0143. The zero-order chi connectivity index (χ0) is 14.4. The number of carbonyl (C=O) groups is 1.